The van der Waals surface area contributed by atoms with E-state index < -0.39 is 11.8 Å². The van der Waals surface area contributed by atoms with Gasteiger partial charge in [-0.05, 0) is 36.4 Å². The summed E-state index contributed by atoms with van der Waals surface area (Å²) in [5, 5.41) is 10.0. The Morgan fingerprint density at radius 1 is 1.00 bits per heavy atom. The number of aromatic nitrogens is 2. The van der Waals surface area contributed by atoms with Crippen LogP contribution in [0.4, 0.5) is 5.69 Å². The Morgan fingerprint density at radius 3 is 2.23 bits per heavy atom. The standard InChI is InChI=1S/C18H12N4O4/c23-16(19-8-13-2-1-7-26-13)11-3-5-12(6-4-11)22-17(24)14-9-20-21-10-15(14)18(22)25/h1-7,9-10H,8H2,(H,19,23). The van der Waals surface area contributed by atoms with Crippen molar-refractivity contribution in [2.45, 2.75) is 6.54 Å². The van der Waals surface area contributed by atoms with Crippen LogP contribution in [0.15, 0.2) is 59.5 Å². The zero-order valence-corrected chi connectivity index (χ0v) is 13.4. The van der Waals surface area contributed by atoms with Crippen molar-refractivity contribution in [2.75, 3.05) is 4.90 Å². The molecule has 0 atom stereocenters. The van der Waals surface area contributed by atoms with Crippen molar-refractivity contribution in [3.63, 3.8) is 0 Å². The molecule has 1 aliphatic heterocycles. The first kappa shape index (κ1) is 15.7. The predicted octanol–water partition coefficient (Wildman–Crippen LogP) is 1.80. The molecular formula is C18H12N4O4. The highest BCUT2D eigenvalue weighted by Crippen LogP contribution is 2.27. The van der Waals surface area contributed by atoms with Gasteiger partial charge in [-0.15, -0.1) is 0 Å². The molecule has 0 saturated carbocycles. The molecule has 8 nitrogen and oxygen atoms in total. The lowest BCUT2D eigenvalue weighted by Gasteiger charge is -2.14. The number of carbonyl (C=O) groups is 3. The van der Waals surface area contributed by atoms with Gasteiger partial charge in [0, 0.05) is 5.56 Å². The first-order chi connectivity index (χ1) is 12.6. The summed E-state index contributed by atoms with van der Waals surface area (Å²) in [5.74, 6) is -0.572. The molecule has 3 heterocycles. The molecule has 0 bridgehead atoms. The maximum Gasteiger partial charge on any atom is 0.267 e. The Morgan fingerprint density at radius 2 is 1.65 bits per heavy atom. The quantitative estimate of drug-likeness (QED) is 0.721. The fraction of sp³-hybridized carbons (Fsp3) is 0.0556. The van der Waals surface area contributed by atoms with Gasteiger partial charge in [-0.1, -0.05) is 0 Å². The van der Waals surface area contributed by atoms with Crippen molar-refractivity contribution in [1.29, 1.82) is 0 Å². The molecule has 1 N–H and O–H groups in total. The summed E-state index contributed by atoms with van der Waals surface area (Å²) in [5.41, 5.74) is 1.20. The van der Waals surface area contributed by atoms with Crippen LogP contribution in [0.25, 0.3) is 0 Å². The van der Waals surface area contributed by atoms with E-state index in [2.05, 4.69) is 15.5 Å². The van der Waals surface area contributed by atoms with E-state index in [-0.39, 0.29) is 23.6 Å². The number of imide groups is 1. The lowest BCUT2D eigenvalue weighted by molar-refractivity contribution is 0.0922. The van der Waals surface area contributed by atoms with E-state index >= 15 is 0 Å². The van der Waals surface area contributed by atoms with E-state index in [0.717, 1.165) is 4.90 Å². The first-order valence-corrected chi connectivity index (χ1v) is 7.75. The Balaban J connectivity index is 1.51. The highest BCUT2D eigenvalue weighted by molar-refractivity contribution is 6.34. The fourth-order valence-corrected chi connectivity index (χ4v) is 2.67. The van der Waals surface area contributed by atoms with E-state index in [0.29, 0.717) is 17.0 Å². The molecule has 1 aromatic carbocycles. The van der Waals surface area contributed by atoms with E-state index in [4.69, 9.17) is 4.42 Å². The molecule has 1 aliphatic rings. The minimum atomic E-state index is -0.463. The number of benzene rings is 1. The van der Waals surface area contributed by atoms with Crippen molar-refractivity contribution in [3.8, 4) is 0 Å². The summed E-state index contributed by atoms with van der Waals surface area (Å²) in [7, 11) is 0. The minimum absolute atomic E-state index is 0.213. The molecule has 0 spiro atoms. The molecule has 0 saturated heterocycles. The van der Waals surface area contributed by atoms with Crippen molar-refractivity contribution in [2.24, 2.45) is 0 Å². The summed E-state index contributed by atoms with van der Waals surface area (Å²) in [4.78, 5) is 38.0. The normalized spacial score (nSPS) is 13.0. The van der Waals surface area contributed by atoms with Crippen LogP contribution in [0, 0.1) is 0 Å². The zero-order chi connectivity index (χ0) is 18.1. The van der Waals surface area contributed by atoms with Crippen LogP contribution in [-0.4, -0.2) is 27.9 Å². The minimum Gasteiger partial charge on any atom is -0.467 e. The summed E-state index contributed by atoms with van der Waals surface area (Å²) in [6, 6.07) is 9.69. The van der Waals surface area contributed by atoms with Crippen molar-refractivity contribution in [1.82, 2.24) is 15.5 Å². The smallest absolute Gasteiger partial charge is 0.267 e. The number of amides is 3. The zero-order valence-electron chi connectivity index (χ0n) is 13.4. The summed E-state index contributed by atoms with van der Waals surface area (Å²) in [6.45, 7) is 0.270. The molecule has 0 aliphatic carbocycles. The predicted molar refractivity (Wildman–Crippen MR) is 89.5 cm³/mol. The number of hydrogen-bond acceptors (Lipinski definition) is 6. The van der Waals surface area contributed by atoms with Crippen LogP contribution < -0.4 is 10.2 Å². The average Bonchev–Trinajstić information content (AvgIpc) is 3.28. The summed E-state index contributed by atoms with van der Waals surface area (Å²) < 4.78 is 5.15. The van der Waals surface area contributed by atoms with E-state index in [1.807, 2.05) is 0 Å². The molecule has 8 heteroatoms. The first-order valence-electron chi connectivity index (χ1n) is 7.75. The van der Waals surface area contributed by atoms with Gasteiger partial charge in [0.1, 0.15) is 5.76 Å². The van der Waals surface area contributed by atoms with Gasteiger partial charge in [-0.3, -0.25) is 14.4 Å². The molecule has 128 valence electrons. The van der Waals surface area contributed by atoms with Crippen LogP contribution in [0.2, 0.25) is 0 Å². The van der Waals surface area contributed by atoms with Crippen LogP contribution >= 0.6 is 0 Å². The molecule has 4 rings (SSSR count). The molecule has 0 radical (unpaired) electrons. The molecule has 2 aromatic heterocycles. The van der Waals surface area contributed by atoms with Gasteiger partial charge in [-0.2, -0.15) is 10.2 Å². The fourth-order valence-electron chi connectivity index (χ4n) is 2.67. The SMILES string of the molecule is O=C(NCc1ccco1)c1ccc(N2C(=O)c3cnncc3C2=O)cc1. The molecular weight excluding hydrogens is 336 g/mol. The second kappa shape index (κ2) is 6.25. The van der Waals surface area contributed by atoms with Crippen LogP contribution in [-0.2, 0) is 6.54 Å². The highest BCUT2D eigenvalue weighted by Gasteiger charge is 2.37. The van der Waals surface area contributed by atoms with Crippen LogP contribution in [0.3, 0.4) is 0 Å². The second-order valence-electron chi connectivity index (χ2n) is 5.57. The van der Waals surface area contributed by atoms with E-state index in [9.17, 15) is 14.4 Å². The lowest BCUT2D eigenvalue weighted by atomic mass is 10.2. The van der Waals surface area contributed by atoms with Gasteiger partial charge in [-0.25, -0.2) is 4.90 Å². The van der Waals surface area contributed by atoms with Crippen molar-refractivity contribution >= 4 is 23.4 Å². The number of rotatable bonds is 4. The van der Waals surface area contributed by atoms with Gasteiger partial charge >= 0.3 is 0 Å². The Hall–Kier alpha value is -3.81. The number of fused-ring (bicyclic) bond motifs is 1. The Kier molecular flexibility index (Phi) is 3.77. The number of furan rings is 1. The topological polar surface area (TPSA) is 105 Å². The molecule has 0 fully saturated rings. The van der Waals surface area contributed by atoms with Gasteiger partial charge in [0.2, 0.25) is 0 Å². The third-order valence-electron chi connectivity index (χ3n) is 3.99. The summed E-state index contributed by atoms with van der Waals surface area (Å²) >= 11 is 0. The molecule has 3 amide bonds. The number of hydrogen-bond donors (Lipinski definition) is 1. The molecule has 0 unspecified atom stereocenters. The third kappa shape index (κ3) is 2.63. The number of nitrogens with one attached hydrogen (secondary N) is 1. The van der Waals surface area contributed by atoms with Crippen molar-refractivity contribution < 1.29 is 18.8 Å². The van der Waals surface area contributed by atoms with Crippen LogP contribution in [0.1, 0.15) is 36.8 Å². The van der Waals surface area contributed by atoms with E-state index in [1.165, 1.54) is 18.7 Å². The van der Waals surface area contributed by atoms with Gasteiger partial charge in [0.05, 0.1) is 42.0 Å². The third-order valence-corrected chi connectivity index (χ3v) is 3.99. The lowest BCUT2D eigenvalue weighted by Crippen LogP contribution is -2.29. The Labute approximate surface area is 147 Å². The molecule has 3 aromatic rings. The van der Waals surface area contributed by atoms with E-state index in [1.54, 1.807) is 36.4 Å². The second-order valence-corrected chi connectivity index (χ2v) is 5.57. The number of nitrogens with zero attached hydrogens (tertiary/aromatic N) is 3. The molecule has 26 heavy (non-hydrogen) atoms. The van der Waals surface area contributed by atoms with Crippen LogP contribution in [0.5, 0.6) is 0 Å². The largest absolute Gasteiger partial charge is 0.467 e. The Bertz CT molecular complexity index is 961. The maximum absolute atomic E-state index is 12.4. The number of carbonyl (C=O) groups excluding carboxylic acids is 3. The number of anilines is 1. The monoisotopic (exact) mass is 348 g/mol. The van der Waals surface area contributed by atoms with Gasteiger partial charge in [0.25, 0.3) is 17.7 Å². The summed E-state index contributed by atoms with van der Waals surface area (Å²) in [6.07, 6.45) is 4.07. The highest BCUT2D eigenvalue weighted by atomic mass is 16.3. The van der Waals surface area contributed by atoms with Gasteiger partial charge < -0.3 is 9.73 Å². The van der Waals surface area contributed by atoms with Crippen molar-refractivity contribution in [3.05, 3.63) is 77.5 Å². The average molecular weight is 348 g/mol. The maximum atomic E-state index is 12.4. The van der Waals surface area contributed by atoms with Gasteiger partial charge in [0.15, 0.2) is 0 Å².